The summed E-state index contributed by atoms with van der Waals surface area (Å²) in [5, 5.41) is 5.80. The van der Waals surface area contributed by atoms with Crippen molar-refractivity contribution in [2.75, 3.05) is 17.4 Å². The number of carbonyl (C=O) groups is 2. The van der Waals surface area contributed by atoms with Gasteiger partial charge in [0.15, 0.2) is 11.5 Å². The molecule has 2 aromatic rings. The zero-order valence-corrected chi connectivity index (χ0v) is 15.0. The number of ether oxygens (including phenoxy) is 2. The number of rotatable bonds is 4. The molecule has 0 spiro atoms. The molecule has 2 N–H and O–H groups in total. The highest BCUT2D eigenvalue weighted by molar-refractivity contribution is 6.10. The van der Waals surface area contributed by atoms with Crippen molar-refractivity contribution in [2.45, 2.75) is 32.1 Å². The van der Waals surface area contributed by atoms with Crippen LogP contribution in [0.4, 0.5) is 11.4 Å². The van der Waals surface area contributed by atoms with Gasteiger partial charge in [-0.2, -0.15) is 0 Å². The number of hydrogen-bond acceptors (Lipinski definition) is 4. The van der Waals surface area contributed by atoms with Gasteiger partial charge in [-0.25, -0.2) is 0 Å². The first-order chi connectivity index (χ1) is 13.2. The van der Waals surface area contributed by atoms with Gasteiger partial charge < -0.3 is 20.1 Å². The van der Waals surface area contributed by atoms with E-state index in [4.69, 9.17) is 9.47 Å². The van der Waals surface area contributed by atoms with E-state index < -0.39 is 0 Å². The lowest BCUT2D eigenvalue weighted by Crippen LogP contribution is -2.26. The Morgan fingerprint density at radius 3 is 2.52 bits per heavy atom. The molecule has 1 saturated carbocycles. The van der Waals surface area contributed by atoms with Gasteiger partial charge in [-0.15, -0.1) is 0 Å². The van der Waals surface area contributed by atoms with Crippen LogP contribution in [0.3, 0.4) is 0 Å². The summed E-state index contributed by atoms with van der Waals surface area (Å²) in [6, 6.07) is 12.3. The van der Waals surface area contributed by atoms with Crippen molar-refractivity contribution < 1.29 is 19.1 Å². The minimum atomic E-state index is -0.284. The molecular weight excluding hydrogens is 344 g/mol. The molecule has 27 heavy (non-hydrogen) atoms. The quantitative estimate of drug-likeness (QED) is 0.851. The van der Waals surface area contributed by atoms with E-state index in [-0.39, 0.29) is 24.5 Å². The molecule has 4 rings (SSSR count). The van der Waals surface area contributed by atoms with Crippen LogP contribution in [0, 0.1) is 5.92 Å². The maximum atomic E-state index is 12.8. The highest BCUT2D eigenvalue weighted by Gasteiger charge is 2.23. The molecule has 2 aromatic carbocycles. The van der Waals surface area contributed by atoms with Crippen LogP contribution >= 0.6 is 0 Å². The van der Waals surface area contributed by atoms with Gasteiger partial charge in [0.25, 0.3) is 5.91 Å². The van der Waals surface area contributed by atoms with Crippen LogP contribution in [0.2, 0.25) is 0 Å². The highest BCUT2D eigenvalue weighted by atomic mass is 16.7. The van der Waals surface area contributed by atoms with E-state index in [1.807, 2.05) is 6.07 Å². The first kappa shape index (κ1) is 17.4. The SMILES string of the molecule is O=C(Nc1ccc2c(c1)OCO2)c1ccccc1NC(=O)C1CCCCC1. The van der Waals surface area contributed by atoms with Crippen molar-refractivity contribution in [3.63, 3.8) is 0 Å². The molecule has 0 unspecified atom stereocenters. The summed E-state index contributed by atoms with van der Waals surface area (Å²) in [5.41, 5.74) is 1.57. The average Bonchev–Trinajstić information content (AvgIpc) is 3.17. The van der Waals surface area contributed by atoms with Crippen LogP contribution in [0.1, 0.15) is 42.5 Å². The number of nitrogens with one attached hydrogen (secondary N) is 2. The molecule has 1 aliphatic heterocycles. The van der Waals surface area contributed by atoms with Gasteiger partial charge in [-0.1, -0.05) is 31.4 Å². The molecule has 0 radical (unpaired) electrons. The van der Waals surface area contributed by atoms with Crippen LogP contribution in [0.25, 0.3) is 0 Å². The van der Waals surface area contributed by atoms with Crippen LogP contribution in [-0.4, -0.2) is 18.6 Å². The summed E-state index contributed by atoms with van der Waals surface area (Å²) >= 11 is 0. The zero-order valence-electron chi connectivity index (χ0n) is 15.0. The molecule has 140 valence electrons. The Hall–Kier alpha value is -3.02. The summed E-state index contributed by atoms with van der Waals surface area (Å²) in [6.07, 6.45) is 5.20. The second-order valence-corrected chi connectivity index (χ2v) is 6.89. The Kier molecular flexibility index (Phi) is 4.96. The first-order valence-electron chi connectivity index (χ1n) is 9.31. The molecule has 2 aliphatic rings. The van der Waals surface area contributed by atoms with Crippen LogP contribution < -0.4 is 20.1 Å². The van der Waals surface area contributed by atoms with Gasteiger partial charge in [-0.05, 0) is 37.1 Å². The normalized spacial score (nSPS) is 16.0. The Morgan fingerprint density at radius 1 is 0.889 bits per heavy atom. The fraction of sp³-hybridized carbons (Fsp3) is 0.333. The fourth-order valence-corrected chi connectivity index (χ4v) is 3.56. The van der Waals surface area contributed by atoms with Crippen LogP contribution in [0.5, 0.6) is 11.5 Å². The third-order valence-corrected chi connectivity index (χ3v) is 5.04. The number of fused-ring (bicyclic) bond motifs is 1. The number of para-hydroxylation sites is 1. The van der Waals surface area contributed by atoms with E-state index in [0.29, 0.717) is 28.4 Å². The summed E-state index contributed by atoms with van der Waals surface area (Å²) in [7, 11) is 0. The smallest absolute Gasteiger partial charge is 0.257 e. The standard InChI is InChI=1S/C21H22N2O4/c24-20(14-6-2-1-3-7-14)23-17-9-5-4-8-16(17)21(25)22-15-10-11-18-19(12-15)27-13-26-18/h4-5,8-12,14H,1-3,6-7,13H2,(H,22,25)(H,23,24). The van der Waals surface area contributed by atoms with Gasteiger partial charge in [-0.3, -0.25) is 9.59 Å². The number of amides is 2. The van der Waals surface area contributed by atoms with E-state index in [1.54, 1.807) is 36.4 Å². The first-order valence-corrected chi connectivity index (χ1v) is 9.31. The summed E-state index contributed by atoms with van der Waals surface area (Å²) in [4.78, 5) is 25.3. The lowest BCUT2D eigenvalue weighted by atomic mass is 9.88. The second kappa shape index (κ2) is 7.70. The molecule has 1 aliphatic carbocycles. The lowest BCUT2D eigenvalue weighted by molar-refractivity contribution is -0.120. The third-order valence-electron chi connectivity index (χ3n) is 5.04. The van der Waals surface area contributed by atoms with E-state index in [9.17, 15) is 9.59 Å². The van der Waals surface area contributed by atoms with Crippen LogP contribution in [0.15, 0.2) is 42.5 Å². The third kappa shape index (κ3) is 3.89. The van der Waals surface area contributed by atoms with Crippen molar-refractivity contribution in [3.05, 3.63) is 48.0 Å². The summed E-state index contributed by atoms with van der Waals surface area (Å²) in [5.74, 6) is 1.01. The number of anilines is 2. The Balaban J connectivity index is 1.48. The highest BCUT2D eigenvalue weighted by Crippen LogP contribution is 2.34. The van der Waals surface area contributed by atoms with Gasteiger partial charge in [0.05, 0.1) is 11.3 Å². The number of hydrogen-bond donors (Lipinski definition) is 2. The maximum absolute atomic E-state index is 12.8. The zero-order chi connectivity index (χ0) is 18.6. The van der Waals surface area contributed by atoms with Crippen molar-refractivity contribution >= 4 is 23.2 Å². The lowest BCUT2D eigenvalue weighted by Gasteiger charge is -2.21. The van der Waals surface area contributed by atoms with E-state index >= 15 is 0 Å². The van der Waals surface area contributed by atoms with Crippen molar-refractivity contribution in [3.8, 4) is 11.5 Å². The maximum Gasteiger partial charge on any atom is 0.257 e. The average molecular weight is 366 g/mol. The van der Waals surface area contributed by atoms with Gasteiger partial charge in [0, 0.05) is 17.7 Å². The molecule has 1 fully saturated rings. The number of benzene rings is 2. The summed E-state index contributed by atoms with van der Waals surface area (Å²) in [6.45, 7) is 0.183. The molecular formula is C21H22N2O4. The Morgan fingerprint density at radius 2 is 1.67 bits per heavy atom. The van der Waals surface area contributed by atoms with Crippen molar-refractivity contribution in [1.82, 2.24) is 0 Å². The predicted molar refractivity (Wildman–Crippen MR) is 102 cm³/mol. The monoisotopic (exact) mass is 366 g/mol. The summed E-state index contributed by atoms with van der Waals surface area (Å²) < 4.78 is 10.6. The second-order valence-electron chi connectivity index (χ2n) is 6.89. The number of carbonyl (C=O) groups excluding carboxylic acids is 2. The van der Waals surface area contributed by atoms with E-state index in [2.05, 4.69) is 10.6 Å². The van der Waals surface area contributed by atoms with Gasteiger partial charge in [0.1, 0.15) is 0 Å². The van der Waals surface area contributed by atoms with E-state index in [1.165, 1.54) is 6.42 Å². The van der Waals surface area contributed by atoms with Crippen molar-refractivity contribution in [2.24, 2.45) is 5.92 Å². The molecule has 6 nitrogen and oxygen atoms in total. The van der Waals surface area contributed by atoms with Crippen molar-refractivity contribution in [1.29, 1.82) is 0 Å². The largest absolute Gasteiger partial charge is 0.454 e. The Labute approximate surface area is 157 Å². The minimum Gasteiger partial charge on any atom is -0.454 e. The molecule has 0 atom stereocenters. The molecule has 1 heterocycles. The van der Waals surface area contributed by atoms with Crippen LogP contribution in [-0.2, 0) is 4.79 Å². The molecule has 6 heteroatoms. The van der Waals surface area contributed by atoms with E-state index in [0.717, 1.165) is 25.7 Å². The predicted octanol–water partition coefficient (Wildman–Crippen LogP) is 4.19. The minimum absolute atomic E-state index is 0.00182. The molecule has 0 saturated heterocycles. The van der Waals surface area contributed by atoms with Gasteiger partial charge >= 0.3 is 0 Å². The molecule has 0 bridgehead atoms. The molecule has 0 aromatic heterocycles. The molecule has 2 amide bonds. The van der Waals surface area contributed by atoms with Gasteiger partial charge in [0.2, 0.25) is 12.7 Å². The topological polar surface area (TPSA) is 76.7 Å². The Bertz CT molecular complexity index is 859. The fourth-order valence-electron chi connectivity index (χ4n) is 3.56.